The molecular formula is C17H10ClNO. The van der Waals surface area contributed by atoms with Crippen molar-refractivity contribution in [3.8, 4) is 11.3 Å². The van der Waals surface area contributed by atoms with Gasteiger partial charge in [0.25, 0.3) is 0 Å². The Kier molecular flexibility index (Phi) is 2.51. The maximum atomic E-state index is 5.94. The zero-order valence-electron chi connectivity index (χ0n) is 10.5. The summed E-state index contributed by atoms with van der Waals surface area (Å²) in [7, 11) is 0. The van der Waals surface area contributed by atoms with Gasteiger partial charge >= 0.3 is 0 Å². The lowest BCUT2D eigenvalue weighted by atomic mass is 10.0. The predicted octanol–water partition coefficient (Wildman–Crippen LogP) is 5.30. The molecule has 0 unspecified atom stereocenters. The van der Waals surface area contributed by atoms with Crippen LogP contribution in [-0.4, -0.2) is 5.16 Å². The second-order valence-corrected chi connectivity index (χ2v) is 5.13. The highest BCUT2D eigenvalue weighted by molar-refractivity contribution is 6.30. The lowest BCUT2D eigenvalue weighted by Crippen LogP contribution is -1.80. The van der Waals surface area contributed by atoms with Gasteiger partial charge in [-0.25, -0.2) is 0 Å². The van der Waals surface area contributed by atoms with Crippen LogP contribution >= 0.6 is 11.6 Å². The van der Waals surface area contributed by atoms with Gasteiger partial charge in [-0.15, -0.1) is 0 Å². The van der Waals surface area contributed by atoms with E-state index in [-0.39, 0.29) is 0 Å². The van der Waals surface area contributed by atoms with Crippen molar-refractivity contribution in [2.45, 2.75) is 0 Å². The van der Waals surface area contributed by atoms with E-state index in [0.717, 1.165) is 27.6 Å². The highest BCUT2D eigenvalue weighted by Crippen LogP contribution is 2.34. The van der Waals surface area contributed by atoms with Gasteiger partial charge in [-0.2, -0.15) is 0 Å². The van der Waals surface area contributed by atoms with Crippen molar-refractivity contribution < 1.29 is 4.52 Å². The van der Waals surface area contributed by atoms with Crippen molar-refractivity contribution in [2.24, 2.45) is 0 Å². The quantitative estimate of drug-likeness (QED) is 0.472. The van der Waals surface area contributed by atoms with Crippen LogP contribution in [0.1, 0.15) is 0 Å². The van der Waals surface area contributed by atoms with Gasteiger partial charge < -0.3 is 4.52 Å². The van der Waals surface area contributed by atoms with E-state index in [1.54, 1.807) is 0 Å². The van der Waals surface area contributed by atoms with E-state index in [1.807, 2.05) is 42.5 Å². The van der Waals surface area contributed by atoms with Gasteiger partial charge in [-0.1, -0.05) is 59.2 Å². The molecule has 0 aliphatic rings. The first-order chi connectivity index (χ1) is 9.83. The van der Waals surface area contributed by atoms with Crippen LogP contribution in [0, 0.1) is 0 Å². The van der Waals surface area contributed by atoms with E-state index in [4.69, 9.17) is 16.1 Å². The zero-order valence-corrected chi connectivity index (χ0v) is 11.3. The third-order valence-electron chi connectivity index (χ3n) is 3.48. The van der Waals surface area contributed by atoms with E-state index in [0.29, 0.717) is 5.02 Å². The molecule has 0 N–H and O–H groups in total. The van der Waals surface area contributed by atoms with E-state index >= 15 is 0 Å². The number of halogens is 1. The summed E-state index contributed by atoms with van der Waals surface area (Å²) in [6, 6.07) is 19.9. The first kappa shape index (κ1) is 11.5. The van der Waals surface area contributed by atoms with Crippen LogP contribution < -0.4 is 0 Å². The highest BCUT2D eigenvalue weighted by Gasteiger charge is 2.13. The Hall–Kier alpha value is -2.32. The summed E-state index contributed by atoms with van der Waals surface area (Å²) < 4.78 is 5.46. The van der Waals surface area contributed by atoms with Gasteiger partial charge in [0.15, 0.2) is 5.58 Å². The average molecular weight is 280 g/mol. The normalized spacial score (nSPS) is 11.2. The monoisotopic (exact) mass is 279 g/mol. The number of hydrogen-bond donors (Lipinski definition) is 0. The van der Waals surface area contributed by atoms with E-state index < -0.39 is 0 Å². The molecule has 20 heavy (non-hydrogen) atoms. The molecule has 3 heteroatoms. The summed E-state index contributed by atoms with van der Waals surface area (Å²) in [6.45, 7) is 0. The molecule has 0 amide bonds. The molecule has 4 rings (SSSR count). The molecule has 0 fully saturated rings. The third-order valence-corrected chi connectivity index (χ3v) is 3.73. The lowest BCUT2D eigenvalue weighted by molar-refractivity contribution is 0.459. The minimum Gasteiger partial charge on any atom is -0.356 e. The Morgan fingerprint density at radius 2 is 1.65 bits per heavy atom. The number of fused-ring (bicyclic) bond motifs is 3. The molecule has 0 bridgehead atoms. The van der Waals surface area contributed by atoms with Gasteiger partial charge in [0.1, 0.15) is 5.69 Å². The molecular weight excluding hydrogens is 270 g/mol. The Bertz CT molecular complexity index is 909. The Morgan fingerprint density at radius 1 is 0.850 bits per heavy atom. The minimum absolute atomic E-state index is 0.714. The fraction of sp³-hybridized carbons (Fsp3) is 0. The second-order valence-electron chi connectivity index (χ2n) is 4.70. The molecule has 96 valence electrons. The summed E-state index contributed by atoms with van der Waals surface area (Å²) in [5.74, 6) is 0. The topological polar surface area (TPSA) is 26.0 Å². The number of aromatic nitrogens is 1. The fourth-order valence-electron chi connectivity index (χ4n) is 2.52. The van der Waals surface area contributed by atoms with Crippen molar-refractivity contribution >= 4 is 33.3 Å². The molecule has 0 atom stereocenters. The molecule has 2 nitrogen and oxygen atoms in total. The number of benzene rings is 3. The van der Waals surface area contributed by atoms with Gasteiger partial charge in [0.2, 0.25) is 0 Å². The van der Waals surface area contributed by atoms with Gasteiger partial charge in [0, 0.05) is 10.6 Å². The zero-order chi connectivity index (χ0) is 13.5. The summed E-state index contributed by atoms with van der Waals surface area (Å²) in [6.07, 6.45) is 0. The largest absolute Gasteiger partial charge is 0.356 e. The molecule has 0 spiro atoms. The molecule has 0 saturated carbocycles. The Labute approximate surface area is 120 Å². The standard InChI is InChI=1S/C17H10ClNO/c18-13-8-5-12(6-9-13)17-16-14-4-2-1-3-11(14)7-10-15(16)20-19-17/h1-10H. The van der Waals surface area contributed by atoms with Gasteiger partial charge in [-0.05, 0) is 29.0 Å². The van der Waals surface area contributed by atoms with Crippen LogP contribution in [0.15, 0.2) is 65.2 Å². The highest BCUT2D eigenvalue weighted by atomic mass is 35.5. The first-order valence-corrected chi connectivity index (χ1v) is 6.74. The molecule has 0 aliphatic carbocycles. The van der Waals surface area contributed by atoms with Crippen LogP contribution in [0.25, 0.3) is 33.0 Å². The number of hydrogen-bond acceptors (Lipinski definition) is 2. The maximum Gasteiger partial charge on any atom is 0.168 e. The Morgan fingerprint density at radius 3 is 2.50 bits per heavy atom. The van der Waals surface area contributed by atoms with Crippen LogP contribution in [-0.2, 0) is 0 Å². The summed E-state index contributed by atoms with van der Waals surface area (Å²) in [4.78, 5) is 0. The summed E-state index contributed by atoms with van der Waals surface area (Å²) >= 11 is 5.94. The van der Waals surface area contributed by atoms with E-state index in [2.05, 4.69) is 23.4 Å². The lowest BCUT2D eigenvalue weighted by Gasteiger charge is -2.01. The average Bonchev–Trinajstić information content (AvgIpc) is 2.92. The molecule has 0 saturated heterocycles. The van der Waals surface area contributed by atoms with Crippen molar-refractivity contribution in [3.63, 3.8) is 0 Å². The SMILES string of the molecule is Clc1ccc(-c2noc3ccc4ccccc4c23)cc1. The molecule has 0 aliphatic heterocycles. The van der Waals surface area contributed by atoms with Crippen LogP contribution in [0.3, 0.4) is 0 Å². The van der Waals surface area contributed by atoms with E-state index in [9.17, 15) is 0 Å². The second kappa shape index (κ2) is 4.36. The smallest absolute Gasteiger partial charge is 0.168 e. The van der Waals surface area contributed by atoms with Crippen LogP contribution in [0.5, 0.6) is 0 Å². The molecule has 1 aromatic heterocycles. The summed E-state index contributed by atoms with van der Waals surface area (Å²) in [5.41, 5.74) is 2.66. The van der Waals surface area contributed by atoms with Crippen LogP contribution in [0.4, 0.5) is 0 Å². The number of rotatable bonds is 1. The molecule has 1 heterocycles. The van der Waals surface area contributed by atoms with Crippen molar-refractivity contribution in [1.82, 2.24) is 5.16 Å². The van der Waals surface area contributed by atoms with Gasteiger partial charge in [-0.3, -0.25) is 0 Å². The minimum atomic E-state index is 0.714. The van der Waals surface area contributed by atoms with Crippen molar-refractivity contribution in [3.05, 3.63) is 65.7 Å². The molecule has 0 radical (unpaired) electrons. The first-order valence-electron chi connectivity index (χ1n) is 6.36. The van der Waals surface area contributed by atoms with Crippen molar-refractivity contribution in [2.75, 3.05) is 0 Å². The molecule has 4 aromatic rings. The fourth-order valence-corrected chi connectivity index (χ4v) is 2.64. The number of nitrogens with zero attached hydrogens (tertiary/aromatic N) is 1. The van der Waals surface area contributed by atoms with Crippen molar-refractivity contribution in [1.29, 1.82) is 0 Å². The third kappa shape index (κ3) is 1.69. The molecule has 3 aromatic carbocycles. The Balaban J connectivity index is 2.09. The van der Waals surface area contributed by atoms with Crippen LogP contribution in [0.2, 0.25) is 5.02 Å². The predicted molar refractivity (Wildman–Crippen MR) is 82.0 cm³/mol. The maximum absolute atomic E-state index is 5.94. The van der Waals surface area contributed by atoms with E-state index in [1.165, 1.54) is 5.39 Å². The summed E-state index contributed by atoms with van der Waals surface area (Å²) in [5, 5.41) is 8.32. The van der Waals surface area contributed by atoms with Gasteiger partial charge in [0.05, 0.1) is 5.39 Å².